The summed E-state index contributed by atoms with van der Waals surface area (Å²) in [5.74, 6) is 0.405. The van der Waals surface area contributed by atoms with Gasteiger partial charge in [-0.1, -0.05) is 24.4 Å². The average Bonchev–Trinajstić information content (AvgIpc) is 2.99. The fraction of sp³-hybridized carbons (Fsp3) is 0.400. The van der Waals surface area contributed by atoms with Gasteiger partial charge in [-0.25, -0.2) is 0 Å². The molecule has 5 heteroatoms. The van der Waals surface area contributed by atoms with Crippen LogP contribution in [0.25, 0.3) is 11.3 Å². The van der Waals surface area contributed by atoms with E-state index in [1.165, 1.54) is 19.3 Å². The molecule has 1 N–H and O–H groups in total. The van der Waals surface area contributed by atoms with Crippen LogP contribution >= 0.6 is 0 Å². The number of pyridine rings is 1. The van der Waals surface area contributed by atoms with Crippen molar-refractivity contribution in [1.29, 1.82) is 0 Å². The molecule has 1 aliphatic carbocycles. The monoisotopic (exact) mass is 271 g/mol. The summed E-state index contributed by atoms with van der Waals surface area (Å²) in [6, 6.07) is 5.63. The zero-order chi connectivity index (χ0) is 13.8. The number of amides is 1. The molecule has 0 aromatic carbocycles. The first-order valence-electron chi connectivity index (χ1n) is 7.01. The summed E-state index contributed by atoms with van der Waals surface area (Å²) in [6.45, 7) is 0. The summed E-state index contributed by atoms with van der Waals surface area (Å²) < 4.78 is 5.21. The lowest BCUT2D eigenvalue weighted by atomic mass is 9.95. The largest absolute Gasteiger partial charge is 0.355 e. The Morgan fingerprint density at radius 1 is 1.30 bits per heavy atom. The minimum Gasteiger partial charge on any atom is -0.355 e. The van der Waals surface area contributed by atoms with Crippen molar-refractivity contribution in [2.24, 2.45) is 0 Å². The molecular formula is C15H17N3O2. The van der Waals surface area contributed by atoms with E-state index in [1.54, 1.807) is 18.5 Å². The van der Waals surface area contributed by atoms with Crippen LogP contribution in [0.1, 0.15) is 42.6 Å². The number of nitrogens with zero attached hydrogens (tertiary/aromatic N) is 2. The fourth-order valence-corrected chi connectivity index (χ4v) is 2.53. The molecule has 104 valence electrons. The fourth-order valence-electron chi connectivity index (χ4n) is 2.53. The van der Waals surface area contributed by atoms with Crippen molar-refractivity contribution >= 4 is 5.91 Å². The molecule has 0 radical (unpaired) electrons. The predicted octanol–water partition coefficient (Wildman–Crippen LogP) is 2.80. The molecule has 1 amide bonds. The van der Waals surface area contributed by atoms with E-state index in [2.05, 4.69) is 15.5 Å². The molecule has 20 heavy (non-hydrogen) atoms. The summed E-state index contributed by atoms with van der Waals surface area (Å²) >= 11 is 0. The van der Waals surface area contributed by atoms with Gasteiger partial charge in [-0.3, -0.25) is 9.78 Å². The molecule has 3 rings (SSSR count). The van der Waals surface area contributed by atoms with E-state index in [0.717, 1.165) is 18.4 Å². The number of nitrogens with one attached hydrogen (secondary N) is 1. The highest BCUT2D eigenvalue weighted by atomic mass is 16.5. The zero-order valence-electron chi connectivity index (χ0n) is 11.2. The van der Waals surface area contributed by atoms with Gasteiger partial charge in [0.2, 0.25) is 0 Å². The summed E-state index contributed by atoms with van der Waals surface area (Å²) in [6.07, 6.45) is 9.12. The van der Waals surface area contributed by atoms with Gasteiger partial charge in [0.15, 0.2) is 11.5 Å². The number of hydrogen-bond donors (Lipinski definition) is 1. The highest BCUT2D eigenvalue weighted by molar-refractivity contribution is 5.93. The molecule has 0 aliphatic heterocycles. The van der Waals surface area contributed by atoms with Crippen molar-refractivity contribution in [1.82, 2.24) is 15.5 Å². The summed E-state index contributed by atoms with van der Waals surface area (Å²) in [5.41, 5.74) is 1.14. The Kier molecular flexibility index (Phi) is 3.76. The van der Waals surface area contributed by atoms with Crippen LogP contribution in [0.3, 0.4) is 0 Å². The van der Waals surface area contributed by atoms with Crippen molar-refractivity contribution in [3.8, 4) is 11.3 Å². The van der Waals surface area contributed by atoms with Crippen LogP contribution in [-0.4, -0.2) is 22.1 Å². The molecule has 0 bridgehead atoms. The molecule has 2 heterocycles. The molecule has 2 aromatic heterocycles. The van der Waals surface area contributed by atoms with Gasteiger partial charge < -0.3 is 9.84 Å². The van der Waals surface area contributed by atoms with Gasteiger partial charge in [-0.2, -0.15) is 0 Å². The topological polar surface area (TPSA) is 68.0 Å². The van der Waals surface area contributed by atoms with Crippen LogP contribution in [-0.2, 0) is 0 Å². The van der Waals surface area contributed by atoms with Gasteiger partial charge >= 0.3 is 0 Å². The van der Waals surface area contributed by atoms with Crippen molar-refractivity contribution < 1.29 is 9.32 Å². The van der Waals surface area contributed by atoms with Gasteiger partial charge in [-0.05, 0) is 25.0 Å². The molecule has 1 saturated carbocycles. The minimum atomic E-state index is -0.157. The van der Waals surface area contributed by atoms with Crippen LogP contribution in [0.15, 0.2) is 35.1 Å². The first-order chi connectivity index (χ1) is 9.83. The Balaban J connectivity index is 1.68. The second kappa shape index (κ2) is 5.86. The van der Waals surface area contributed by atoms with E-state index in [1.807, 2.05) is 12.1 Å². The Morgan fingerprint density at radius 3 is 2.90 bits per heavy atom. The van der Waals surface area contributed by atoms with Crippen LogP contribution in [0, 0.1) is 0 Å². The first kappa shape index (κ1) is 12.8. The van der Waals surface area contributed by atoms with E-state index >= 15 is 0 Å². The Labute approximate surface area is 117 Å². The third kappa shape index (κ3) is 2.87. The van der Waals surface area contributed by atoms with Crippen LogP contribution < -0.4 is 5.32 Å². The quantitative estimate of drug-likeness (QED) is 0.932. The minimum absolute atomic E-state index is 0.157. The molecule has 1 fully saturated rings. The summed E-state index contributed by atoms with van der Waals surface area (Å²) in [4.78, 5) is 16.1. The van der Waals surface area contributed by atoms with Crippen molar-refractivity contribution in [2.45, 2.75) is 38.1 Å². The lowest BCUT2D eigenvalue weighted by molar-refractivity contribution is 0.0918. The number of carbonyl (C=O) groups is 1. The Morgan fingerprint density at radius 2 is 2.15 bits per heavy atom. The molecule has 0 unspecified atom stereocenters. The molecule has 0 atom stereocenters. The maximum absolute atomic E-state index is 12.1. The lowest BCUT2D eigenvalue weighted by Crippen LogP contribution is -2.36. The van der Waals surface area contributed by atoms with Gasteiger partial charge in [-0.15, -0.1) is 0 Å². The molecule has 0 spiro atoms. The number of aromatic nitrogens is 2. The third-order valence-corrected chi connectivity index (χ3v) is 3.63. The zero-order valence-corrected chi connectivity index (χ0v) is 11.2. The predicted molar refractivity (Wildman–Crippen MR) is 74.1 cm³/mol. The first-order valence-corrected chi connectivity index (χ1v) is 7.01. The second-order valence-corrected chi connectivity index (χ2v) is 5.13. The molecular weight excluding hydrogens is 254 g/mol. The standard InChI is InChI=1S/C15H17N3O2/c19-15(17-12-6-2-1-3-7-12)13-9-14(20-18-13)11-5-4-8-16-10-11/h4-5,8-10,12H,1-3,6-7H2,(H,17,19). The van der Waals surface area contributed by atoms with E-state index in [4.69, 9.17) is 4.52 Å². The molecule has 2 aromatic rings. The smallest absolute Gasteiger partial charge is 0.273 e. The van der Waals surface area contributed by atoms with Crippen molar-refractivity contribution in [2.75, 3.05) is 0 Å². The van der Waals surface area contributed by atoms with E-state index < -0.39 is 0 Å². The summed E-state index contributed by atoms with van der Waals surface area (Å²) in [7, 11) is 0. The SMILES string of the molecule is O=C(NC1CCCCC1)c1cc(-c2cccnc2)on1. The molecule has 5 nitrogen and oxygen atoms in total. The maximum Gasteiger partial charge on any atom is 0.273 e. The van der Waals surface area contributed by atoms with Crippen LogP contribution in [0.4, 0.5) is 0 Å². The van der Waals surface area contributed by atoms with E-state index in [9.17, 15) is 4.79 Å². The number of hydrogen-bond acceptors (Lipinski definition) is 4. The Hall–Kier alpha value is -2.17. The van der Waals surface area contributed by atoms with Crippen LogP contribution in [0.5, 0.6) is 0 Å². The number of rotatable bonds is 3. The average molecular weight is 271 g/mol. The van der Waals surface area contributed by atoms with Crippen molar-refractivity contribution in [3.05, 3.63) is 36.3 Å². The summed E-state index contributed by atoms with van der Waals surface area (Å²) in [5, 5.41) is 6.87. The van der Waals surface area contributed by atoms with Crippen LogP contribution in [0.2, 0.25) is 0 Å². The Bertz CT molecular complexity index is 574. The normalized spacial score (nSPS) is 16.0. The van der Waals surface area contributed by atoms with E-state index in [-0.39, 0.29) is 11.9 Å². The van der Waals surface area contributed by atoms with Gasteiger partial charge in [0.1, 0.15) is 0 Å². The van der Waals surface area contributed by atoms with Crippen molar-refractivity contribution in [3.63, 3.8) is 0 Å². The molecule has 0 saturated heterocycles. The third-order valence-electron chi connectivity index (χ3n) is 3.63. The van der Waals surface area contributed by atoms with Gasteiger partial charge in [0, 0.05) is 30.1 Å². The second-order valence-electron chi connectivity index (χ2n) is 5.13. The van der Waals surface area contributed by atoms with Gasteiger partial charge in [0.05, 0.1) is 0 Å². The highest BCUT2D eigenvalue weighted by Crippen LogP contribution is 2.20. The highest BCUT2D eigenvalue weighted by Gasteiger charge is 2.19. The molecule has 1 aliphatic rings. The van der Waals surface area contributed by atoms with E-state index in [0.29, 0.717) is 11.5 Å². The van der Waals surface area contributed by atoms with Gasteiger partial charge in [0.25, 0.3) is 5.91 Å². The maximum atomic E-state index is 12.1. The number of carbonyl (C=O) groups excluding carboxylic acids is 1. The lowest BCUT2D eigenvalue weighted by Gasteiger charge is -2.22.